The van der Waals surface area contributed by atoms with Crippen LogP contribution in [0, 0.1) is 0 Å². The van der Waals surface area contributed by atoms with Gasteiger partial charge in [0.25, 0.3) is 0 Å². The molecule has 2 N–H and O–H groups in total. The number of nitrogens with two attached hydrogens (primary N) is 1. The van der Waals surface area contributed by atoms with Crippen molar-refractivity contribution in [2.24, 2.45) is 5.73 Å². The molecule has 1 aromatic rings. The van der Waals surface area contributed by atoms with Crippen LogP contribution >= 0.6 is 0 Å². The Morgan fingerprint density at radius 3 is 2.43 bits per heavy atom. The van der Waals surface area contributed by atoms with Crippen molar-refractivity contribution in [1.82, 2.24) is 9.21 Å². The van der Waals surface area contributed by atoms with Crippen LogP contribution < -0.4 is 5.73 Å². The van der Waals surface area contributed by atoms with E-state index in [1.807, 2.05) is 12.1 Å². The second-order valence-corrected chi connectivity index (χ2v) is 8.24. The van der Waals surface area contributed by atoms with Crippen molar-refractivity contribution < 1.29 is 13.2 Å². The van der Waals surface area contributed by atoms with Crippen molar-refractivity contribution in [3.05, 3.63) is 29.3 Å². The molecule has 7 heteroatoms. The van der Waals surface area contributed by atoms with Gasteiger partial charge in [-0.05, 0) is 49.4 Å². The molecule has 1 heterocycles. The maximum atomic E-state index is 12.8. The molecule has 6 nitrogen and oxygen atoms in total. The van der Waals surface area contributed by atoms with Crippen LogP contribution in [0.25, 0.3) is 0 Å². The first-order valence-corrected chi connectivity index (χ1v) is 9.50. The van der Waals surface area contributed by atoms with Crippen molar-refractivity contribution in [2.45, 2.75) is 37.1 Å². The second kappa shape index (κ2) is 6.22. The predicted molar refractivity (Wildman–Crippen MR) is 87.5 cm³/mol. The summed E-state index contributed by atoms with van der Waals surface area (Å²) >= 11 is 0. The SMILES string of the molecule is CC(N)C(=O)N1CCN(S(=O)(=O)c2ccc3c(c2)CCC3)CC1. The van der Waals surface area contributed by atoms with Gasteiger partial charge in [0.05, 0.1) is 10.9 Å². The Labute approximate surface area is 137 Å². The Balaban J connectivity index is 1.73. The van der Waals surface area contributed by atoms with Crippen LogP contribution in [0.1, 0.15) is 24.5 Å². The number of hydrogen-bond acceptors (Lipinski definition) is 4. The van der Waals surface area contributed by atoms with Gasteiger partial charge in [0.2, 0.25) is 15.9 Å². The zero-order valence-corrected chi connectivity index (χ0v) is 14.2. The predicted octanol–water partition coefficient (Wildman–Crippen LogP) is 0.355. The molecule has 1 saturated heterocycles. The summed E-state index contributed by atoms with van der Waals surface area (Å²) in [6, 6.07) is 4.91. The highest BCUT2D eigenvalue weighted by Gasteiger charge is 2.31. The number of piperazine rings is 1. The van der Waals surface area contributed by atoms with Gasteiger partial charge in [-0.2, -0.15) is 4.31 Å². The summed E-state index contributed by atoms with van der Waals surface area (Å²) in [5, 5.41) is 0. The number of nitrogens with zero attached hydrogens (tertiary/aromatic N) is 2. The van der Waals surface area contributed by atoms with Crippen LogP contribution in [0.4, 0.5) is 0 Å². The van der Waals surface area contributed by atoms with E-state index in [1.165, 1.54) is 9.87 Å². The molecule has 126 valence electrons. The average molecular weight is 337 g/mol. The molecule has 1 aromatic carbocycles. The van der Waals surface area contributed by atoms with Gasteiger partial charge in [-0.15, -0.1) is 0 Å². The normalized spacial score (nSPS) is 20.3. The van der Waals surface area contributed by atoms with Gasteiger partial charge in [-0.25, -0.2) is 8.42 Å². The fourth-order valence-electron chi connectivity index (χ4n) is 3.29. The Morgan fingerprint density at radius 2 is 1.78 bits per heavy atom. The molecule has 0 aromatic heterocycles. The molecule has 1 amide bonds. The van der Waals surface area contributed by atoms with E-state index in [1.54, 1.807) is 17.9 Å². The minimum atomic E-state index is -3.49. The Kier molecular flexibility index (Phi) is 4.44. The third-order valence-corrected chi connectivity index (χ3v) is 6.54. The summed E-state index contributed by atoms with van der Waals surface area (Å²) in [5.74, 6) is -0.125. The summed E-state index contributed by atoms with van der Waals surface area (Å²) in [5.41, 5.74) is 8.02. The van der Waals surface area contributed by atoms with Crippen molar-refractivity contribution in [1.29, 1.82) is 0 Å². The largest absolute Gasteiger partial charge is 0.339 e. The van der Waals surface area contributed by atoms with Crippen LogP contribution in [0.5, 0.6) is 0 Å². The second-order valence-electron chi connectivity index (χ2n) is 6.30. The number of rotatable bonds is 3. The lowest BCUT2D eigenvalue weighted by molar-refractivity contribution is -0.133. The van der Waals surface area contributed by atoms with E-state index in [2.05, 4.69) is 0 Å². The fraction of sp³-hybridized carbons (Fsp3) is 0.562. The van der Waals surface area contributed by atoms with Crippen LogP contribution in [-0.4, -0.2) is 55.8 Å². The van der Waals surface area contributed by atoms with E-state index >= 15 is 0 Å². The zero-order valence-electron chi connectivity index (χ0n) is 13.4. The maximum Gasteiger partial charge on any atom is 0.243 e. The molecule has 0 bridgehead atoms. The topological polar surface area (TPSA) is 83.7 Å². The minimum absolute atomic E-state index is 0.125. The number of benzene rings is 1. The first-order chi connectivity index (χ1) is 10.9. The lowest BCUT2D eigenvalue weighted by atomic mass is 10.1. The number of sulfonamides is 1. The van der Waals surface area contributed by atoms with E-state index in [-0.39, 0.29) is 5.91 Å². The zero-order chi connectivity index (χ0) is 16.6. The van der Waals surface area contributed by atoms with E-state index < -0.39 is 16.1 Å². The summed E-state index contributed by atoms with van der Waals surface area (Å²) in [6.45, 7) is 3.07. The highest BCUT2D eigenvalue weighted by molar-refractivity contribution is 7.89. The van der Waals surface area contributed by atoms with Gasteiger partial charge in [-0.1, -0.05) is 6.07 Å². The van der Waals surface area contributed by atoms with Gasteiger partial charge < -0.3 is 10.6 Å². The third-order valence-electron chi connectivity index (χ3n) is 4.65. The summed E-state index contributed by atoms with van der Waals surface area (Å²) in [4.78, 5) is 13.9. The quantitative estimate of drug-likeness (QED) is 0.863. The number of aryl methyl sites for hydroxylation is 2. The van der Waals surface area contributed by atoms with E-state index in [0.29, 0.717) is 31.1 Å². The summed E-state index contributed by atoms with van der Waals surface area (Å²) in [7, 11) is -3.49. The van der Waals surface area contributed by atoms with Gasteiger partial charge in [0.1, 0.15) is 0 Å². The third kappa shape index (κ3) is 3.13. The van der Waals surface area contributed by atoms with Crippen LogP contribution in [0.3, 0.4) is 0 Å². The van der Waals surface area contributed by atoms with Gasteiger partial charge >= 0.3 is 0 Å². The van der Waals surface area contributed by atoms with E-state index in [4.69, 9.17) is 5.73 Å². The fourth-order valence-corrected chi connectivity index (χ4v) is 4.77. The lowest BCUT2D eigenvalue weighted by Gasteiger charge is -2.34. The van der Waals surface area contributed by atoms with Crippen LogP contribution in [-0.2, 0) is 27.7 Å². The molecule has 2 aliphatic rings. The molecule has 1 aliphatic carbocycles. The number of carbonyl (C=O) groups excluding carboxylic acids is 1. The Morgan fingerprint density at radius 1 is 1.13 bits per heavy atom. The molecular formula is C16H23N3O3S. The van der Waals surface area contributed by atoms with Gasteiger partial charge in [-0.3, -0.25) is 4.79 Å². The molecular weight excluding hydrogens is 314 g/mol. The lowest BCUT2D eigenvalue weighted by Crippen LogP contribution is -2.53. The Hall–Kier alpha value is -1.44. The molecule has 0 radical (unpaired) electrons. The Bertz CT molecular complexity index is 707. The molecule has 23 heavy (non-hydrogen) atoms. The van der Waals surface area contributed by atoms with E-state index in [0.717, 1.165) is 24.8 Å². The van der Waals surface area contributed by atoms with Gasteiger partial charge in [0, 0.05) is 26.2 Å². The summed E-state index contributed by atoms with van der Waals surface area (Å²) in [6.07, 6.45) is 3.08. The molecule has 0 saturated carbocycles. The number of amides is 1. The molecule has 3 rings (SSSR count). The highest BCUT2D eigenvalue weighted by atomic mass is 32.2. The molecule has 1 atom stereocenters. The molecule has 1 aliphatic heterocycles. The van der Waals surface area contributed by atoms with Crippen LogP contribution in [0.2, 0.25) is 0 Å². The van der Waals surface area contributed by atoms with Gasteiger partial charge in [0.15, 0.2) is 0 Å². The minimum Gasteiger partial charge on any atom is -0.339 e. The van der Waals surface area contributed by atoms with Crippen LogP contribution in [0.15, 0.2) is 23.1 Å². The molecule has 0 spiro atoms. The summed E-state index contributed by atoms with van der Waals surface area (Å²) < 4.78 is 27.1. The van der Waals surface area contributed by atoms with Crippen molar-refractivity contribution in [2.75, 3.05) is 26.2 Å². The van der Waals surface area contributed by atoms with E-state index in [9.17, 15) is 13.2 Å². The number of carbonyl (C=O) groups is 1. The number of fused-ring (bicyclic) bond motifs is 1. The first kappa shape index (κ1) is 16.4. The molecule has 1 fully saturated rings. The smallest absolute Gasteiger partial charge is 0.243 e. The van der Waals surface area contributed by atoms with Crippen molar-refractivity contribution in [3.63, 3.8) is 0 Å². The standard InChI is InChI=1S/C16H23N3O3S/c1-12(17)16(20)18-7-9-19(10-8-18)23(21,22)15-6-5-13-3-2-4-14(13)11-15/h5-6,11-12H,2-4,7-10,17H2,1H3. The average Bonchev–Trinajstić information content (AvgIpc) is 3.01. The van der Waals surface area contributed by atoms with Crippen molar-refractivity contribution in [3.8, 4) is 0 Å². The number of hydrogen-bond donors (Lipinski definition) is 1. The highest BCUT2D eigenvalue weighted by Crippen LogP contribution is 2.26. The van der Waals surface area contributed by atoms with Crippen molar-refractivity contribution >= 4 is 15.9 Å². The monoisotopic (exact) mass is 337 g/mol. The molecule has 1 unspecified atom stereocenters. The maximum absolute atomic E-state index is 12.8. The first-order valence-electron chi connectivity index (χ1n) is 8.06.